The summed E-state index contributed by atoms with van der Waals surface area (Å²) in [5.41, 5.74) is 3.83. The van der Waals surface area contributed by atoms with Gasteiger partial charge in [0.25, 0.3) is 10.0 Å². The number of methoxy groups -OCH3 is 1. The van der Waals surface area contributed by atoms with Crippen LogP contribution in [0.5, 0.6) is 0 Å². The van der Waals surface area contributed by atoms with Gasteiger partial charge >= 0.3 is 5.97 Å². The van der Waals surface area contributed by atoms with E-state index in [2.05, 4.69) is 6.92 Å². The first-order valence-corrected chi connectivity index (χ1v) is 10.3. The van der Waals surface area contributed by atoms with Gasteiger partial charge in [0.1, 0.15) is 0 Å². The van der Waals surface area contributed by atoms with Crippen molar-refractivity contribution in [2.45, 2.75) is 31.6 Å². The number of fused-ring (bicyclic) bond motifs is 1. The lowest BCUT2D eigenvalue weighted by Gasteiger charge is -2.17. The highest BCUT2D eigenvalue weighted by atomic mass is 32.2. The maximum atomic E-state index is 12.8. The SMILES string of the molecule is CCCc1ccc(/C(C(=O)OC)=C2/c3cc(C)ccc3S(=O)(=O)N2C)cc1. The first kappa shape index (κ1) is 19.2. The summed E-state index contributed by atoms with van der Waals surface area (Å²) in [4.78, 5) is 12.9. The van der Waals surface area contributed by atoms with Crippen LogP contribution in [0.2, 0.25) is 0 Å². The molecule has 0 spiro atoms. The molecule has 0 amide bonds. The lowest BCUT2D eigenvalue weighted by molar-refractivity contribution is -0.133. The zero-order chi connectivity index (χ0) is 19.8. The third-order valence-electron chi connectivity index (χ3n) is 4.75. The molecule has 0 saturated heterocycles. The Labute approximate surface area is 160 Å². The summed E-state index contributed by atoms with van der Waals surface area (Å²) in [6.45, 7) is 3.99. The predicted molar refractivity (Wildman–Crippen MR) is 105 cm³/mol. The Morgan fingerprint density at radius 2 is 1.78 bits per heavy atom. The molecule has 0 fully saturated rings. The first-order chi connectivity index (χ1) is 12.8. The second kappa shape index (κ2) is 7.19. The molecule has 0 atom stereocenters. The maximum absolute atomic E-state index is 12.8. The molecule has 2 aromatic rings. The minimum absolute atomic E-state index is 0.203. The Kier molecular flexibility index (Phi) is 5.11. The Morgan fingerprint density at radius 1 is 1.11 bits per heavy atom. The smallest absolute Gasteiger partial charge is 0.340 e. The summed E-state index contributed by atoms with van der Waals surface area (Å²) in [5.74, 6) is -0.565. The third kappa shape index (κ3) is 3.25. The van der Waals surface area contributed by atoms with E-state index in [1.165, 1.54) is 24.0 Å². The fraction of sp³-hybridized carbons (Fsp3) is 0.286. The number of aryl methyl sites for hydroxylation is 2. The zero-order valence-electron chi connectivity index (χ0n) is 15.9. The number of sulfonamides is 1. The van der Waals surface area contributed by atoms with Crippen LogP contribution in [0, 0.1) is 6.92 Å². The van der Waals surface area contributed by atoms with Crippen molar-refractivity contribution >= 4 is 27.3 Å². The summed E-state index contributed by atoms with van der Waals surface area (Å²) in [5, 5.41) is 0. The van der Waals surface area contributed by atoms with Crippen LogP contribution in [0.3, 0.4) is 0 Å². The Morgan fingerprint density at radius 3 is 2.37 bits per heavy atom. The Balaban J connectivity index is 2.30. The molecule has 0 N–H and O–H groups in total. The van der Waals surface area contributed by atoms with Crippen molar-refractivity contribution in [2.75, 3.05) is 14.2 Å². The van der Waals surface area contributed by atoms with Crippen molar-refractivity contribution in [1.82, 2.24) is 4.31 Å². The molecule has 142 valence electrons. The minimum atomic E-state index is -3.69. The van der Waals surface area contributed by atoms with Crippen LogP contribution in [-0.4, -0.2) is 32.8 Å². The molecule has 0 aliphatic carbocycles. The highest BCUT2D eigenvalue weighted by Crippen LogP contribution is 2.42. The lowest BCUT2D eigenvalue weighted by Crippen LogP contribution is -2.21. The van der Waals surface area contributed by atoms with Gasteiger partial charge in [0, 0.05) is 12.6 Å². The van der Waals surface area contributed by atoms with E-state index in [-0.39, 0.29) is 10.5 Å². The molecule has 1 aliphatic rings. The van der Waals surface area contributed by atoms with E-state index in [0.717, 1.165) is 18.4 Å². The third-order valence-corrected chi connectivity index (χ3v) is 6.57. The van der Waals surface area contributed by atoms with E-state index in [4.69, 9.17) is 4.74 Å². The van der Waals surface area contributed by atoms with Crippen LogP contribution >= 0.6 is 0 Å². The van der Waals surface area contributed by atoms with Crippen LogP contribution in [0.4, 0.5) is 0 Å². The lowest BCUT2D eigenvalue weighted by atomic mass is 9.97. The molecule has 1 heterocycles. The minimum Gasteiger partial charge on any atom is -0.465 e. The van der Waals surface area contributed by atoms with Crippen LogP contribution in [0.25, 0.3) is 11.3 Å². The summed E-state index contributed by atoms with van der Waals surface area (Å²) >= 11 is 0. The topological polar surface area (TPSA) is 63.7 Å². The molecule has 6 heteroatoms. The first-order valence-electron chi connectivity index (χ1n) is 8.83. The number of hydrogen-bond acceptors (Lipinski definition) is 4. The fourth-order valence-corrected chi connectivity index (χ4v) is 4.76. The monoisotopic (exact) mass is 385 g/mol. The number of carbonyl (C=O) groups excluding carboxylic acids is 1. The summed E-state index contributed by atoms with van der Waals surface area (Å²) in [7, 11) is -0.927. The number of esters is 1. The second-order valence-electron chi connectivity index (χ2n) is 6.63. The normalized spacial score (nSPS) is 16.8. The number of benzene rings is 2. The average molecular weight is 385 g/mol. The number of hydrogen-bond donors (Lipinski definition) is 0. The quantitative estimate of drug-likeness (QED) is 0.596. The van der Waals surface area contributed by atoms with Crippen molar-refractivity contribution in [1.29, 1.82) is 0 Å². The van der Waals surface area contributed by atoms with Crippen LogP contribution in [0.1, 0.15) is 35.6 Å². The average Bonchev–Trinajstić information content (AvgIpc) is 2.83. The summed E-state index contributed by atoms with van der Waals surface area (Å²) < 4.78 is 31.8. The van der Waals surface area contributed by atoms with Crippen molar-refractivity contribution < 1.29 is 17.9 Å². The molecule has 27 heavy (non-hydrogen) atoms. The van der Waals surface area contributed by atoms with E-state index < -0.39 is 16.0 Å². The number of nitrogens with zero attached hydrogens (tertiary/aromatic N) is 1. The van der Waals surface area contributed by atoms with Crippen molar-refractivity contribution in [2.24, 2.45) is 0 Å². The van der Waals surface area contributed by atoms with Gasteiger partial charge in [0.05, 0.1) is 23.3 Å². The molecule has 0 saturated carbocycles. The van der Waals surface area contributed by atoms with Crippen molar-refractivity contribution in [3.63, 3.8) is 0 Å². The van der Waals surface area contributed by atoms with Crippen LogP contribution in [-0.2, 0) is 26.0 Å². The summed E-state index contributed by atoms with van der Waals surface area (Å²) in [6.07, 6.45) is 1.97. The van der Waals surface area contributed by atoms with Gasteiger partial charge in [0.2, 0.25) is 0 Å². The molecule has 0 aromatic heterocycles. The molecule has 0 bridgehead atoms. The van der Waals surface area contributed by atoms with Crippen LogP contribution in [0.15, 0.2) is 47.4 Å². The molecule has 2 aromatic carbocycles. The van der Waals surface area contributed by atoms with E-state index in [1.54, 1.807) is 18.2 Å². The molecule has 3 rings (SSSR count). The molecular weight excluding hydrogens is 362 g/mol. The van der Waals surface area contributed by atoms with Gasteiger partial charge < -0.3 is 4.74 Å². The second-order valence-corrected chi connectivity index (χ2v) is 8.57. The molecule has 5 nitrogen and oxygen atoms in total. The van der Waals surface area contributed by atoms with E-state index in [1.807, 2.05) is 31.2 Å². The molecular formula is C21H23NO4S. The van der Waals surface area contributed by atoms with Gasteiger partial charge in [-0.15, -0.1) is 0 Å². The number of carbonyl (C=O) groups is 1. The van der Waals surface area contributed by atoms with Crippen molar-refractivity contribution in [3.05, 3.63) is 64.7 Å². The van der Waals surface area contributed by atoms with Gasteiger partial charge in [-0.05, 0) is 36.6 Å². The predicted octanol–water partition coefficient (Wildman–Crippen LogP) is 3.62. The molecule has 0 radical (unpaired) electrons. The van der Waals surface area contributed by atoms with E-state index in [9.17, 15) is 13.2 Å². The van der Waals surface area contributed by atoms with Gasteiger partial charge in [-0.3, -0.25) is 4.31 Å². The van der Waals surface area contributed by atoms with Gasteiger partial charge in [-0.25, -0.2) is 13.2 Å². The Hall–Kier alpha value is -2.60. The maximum Gasteiger partial charge on any atom is 0.340 e. The largest absolute Gasteiger partial charge is 0.465 e. The summed E-state index contributed by atoms with van der Waals surface area (Å²) in [6, 6.07) is 12.7. The van der Waals surface area contributed by atoms with Crippen molar-refractivity contribution in [3.8, 4) is 0 Å². The van der Waals surface area contributed by atoms with E-state index >= 15 is 0 Å². The number of ether oxygens (including phenoxy) is 1. The van der Waals surface area contributed by atoms with Gasteiger partial charge in [-0.1, -0.05) is 49.2 Å². The van der Waals surface area contributed by atoms with E-state index in [0.29, 0.717) is 16.8 Å². The highest BCUT2D eigenvalue weighted by Gasteiger charge is 2.39. The zero-order valence-corrected chi connectivity index (χ0v) is 16.8. The fourth-order valence-electron chi connectivity index (χ4n) is 3.36. The molecule has 0 unspecified atom stereocenters. The van der Waals surface area contributed by atoms with Crippen LogP contribution < -0.4 is 0 Å². The highest BCUT2D eigenvalue weighted by molar-refractivity contribution is 7.90. The number of rotatable bonds is 4. The Bertz CT molecular complexity index is 1020. The van der Waals surface area contributed by atoms with Gasteiger partial charge in [-0.2, -0.15) is 0 Å². The molecule has 1 aliphatic heterocycles. The van der Waals surface area contributed by atoms with Gasteiger partial charge in [0.15, 0.2) is 0 Å². The standard InChI is InChI=1S/C21H23NO4S/c1-5-6-15-8-10-16(11-9-15)19(21(23)26-4)20-17-13-14(2)7-12-18(17)27(24,25)22(20)3/h7-13H,5-6H2,1-4H3/b20-19+.